The smallest absolute Gasteiger partial charge is 0.310 e. The lowest BCUT2D eigenvalue weighted by Gasteiger charge is -2.39. The average molecular weight is 687 g/mol. The van der Waals surface area contributed by atoms with Crippen molar-refractivity contribution in [1.29, 1.82) is 0 Å². The number of nitrogens with one attached hydrogen (secondary N) is 1. The fourth-order valence-corrected chi connectivity index (χ4v) is 7.26. The third kappa shape index (κ3) is 8.38. The van der Waals surface area contributed by atoms with E-state index in [0.29, 0.717) is 17.3 Å². The molecule has 0 bridgehead atoms. The highest BCUT2D eigenvalue weighted by atomic mass is 16.4. The van der Waals surface area contributed by atoms with E-state index in [1.165, 1.54) is 42.6 Å². The fourth-order valence-electron chi connectivity index (χ4n) is 7.26. The van der Waals surface area contributed by atoms with Crippen LogP contribution in [0.5, 0.6) is 0 Å². The summed E-state index contributed by atoms with van der Waals surface area (Å²) in [6.07, 6.45) is 11.4. The Hall–Kier alpha value is -4.85. The van der Waals surface area contributed by atoms with E-state index >= 15 is 0 Å². The van der Waals surface area contributed by atoms with Gasteiger partial charge in [0.15, 0.2) is 5.82 Å². The topological polar surface area (TPSA) is 112 Å². The Bertz CT molecular complexity index is 1800. The number of hydrogen-bond acceptors (Lipinski definition) is 5. The van der Waals surface area contributed by atoms with Gasteiger partial charge in [-0.15, -0.1) is 0 Å². The van der Waals surface area contributed by atoms with Crippen LogP contribution in [0.2, 0.25) is 0 Å². The highest BCUT2D eigenvalue weighted by Crippen LogP contribution is 2.37. The van der Waals surface area contributed by atoms with Gasteiger partial charge in [-0.2, -0.15) is 0 Å². The Morgan fingerprint density at radius 3 is 2.00 bits per heavy atom. The van der Waals surface area contributed by atoms with Crippen molar-refractivity contribution in [3.63, 3.8) is 0 Å². The van der Waals surface area contributed by atoms with Gasteiger partial charge in [0.05, 0.1) is 5.92 Å². The van der Waals surface area contributed by atoms with Crippen LogP contribution in [0.1, 0.15) is 99.2 Å². The minimum Gasteiger partial charge on any atom is -0.481 e. The van der Waals surface area contributed by atoms with Gasteiger partial charge in [0.2, 0.25) is 5.91 Å². The second kappa shape index (κ2) is 15.6. The molecule has 0 spiro atoms. The molecule has 266 valence electrons. The second-order valence-corrected chi connectivity index (χ2v) is 15.1. The summed E-state index contributed by atoms with van der Waals surface area (Å²) in [5.41, 5.74) is 6.79. The number of carbonyl (C=O) groups excluding carboxylic acids is 2. The molecule has 0 unspecified atom stereocenters. The van der Waals surface area contributed by atoms with E-state index in [9.17, 15) is 19.5 Å². The third-order valence-electron chi connectivity index (χ3n) is 11.4. The summed E-state index contributed by atoms with van der Waals surface area (Å²) < 4.78 is 0. The lowest BCUT2D eigenvalue weighted by molar-refractivity contribution is -0.153. The summed E-state index contributed by atoms with van der Waals surface area (Å²) >= 11 is 0. The van der Waals surface area contributed by atoms with Gasteiger partial charge in [0, 0.05) is 48.6 Å². The van der Waals surface area contributed by atoms with Crippen molar-refractivity contribution in [3.8, 4) is 22.5 Å². The van der Waals surface area contributed by atoms with Gasteiger partial charge in [0.25, 0.3) is 5.91 Å². The summed E-state index contributed by atoms with van der Waals surface area (Å²) in [6, 6.07) is 23.2. The number of nitrogens with zero attached hydrogens (tertiary/aromatic N) is 3. The molecule has 51 heavy (non-hydrogen) atoms. The Balaban J connectivity index is 1.11. The van der Waals surface area contributed by atoms with Crippen molar-refractivity contribution >= 4 is 17.8 Å². The van der Waals surface area contributed by atoms with Crippen molar-refractivity contribution < 1.29 is 19.5 Å². The predicted octanol–water partition coefficient (Wildman–Crippen LogP) is 8.07. The number of carboxylic acids is 1. The summed E-state index contributed by atoms with van der Waals surface area (Å²) in [7, 11) is 0. The zero-order valence-corrected chi connectivity index (χ0v) is 30.3. The molecule has 0 radical (unpaired) electrons. The molecule has 2 N–H and O–H groups in total. The maximum atomic E-state index is 13.5. The largest absolute Gasteiger partial charge is 0.481 e. The Morgan fingerprint density at radius 2 is 1.43 bits per heavy atom. The molecule has 1 aromatic heterocycles. The molecule has 8 nitrogen and oxygen atoms in total. The Kier molecular flexibility index (Phi) is 11.0. The summed E-state index contributed by atoms with van der Waals surface area (Å²) in [5, 5.41) is 12.3. The van der Waals surface area contributed by atoms with Crippen LogP contribution in [-0.2, 0) is 21.4 Å². The zero-order valence-electron chi connectivity index (χ0n) is 30.3. The highest BCUT2D eigenvalue weighted by molar-refractivity contribution is 5.98. The fraction of sp³-hybridized carbons (Fsp3) is 0.419. The molecule has 2 amide bonds. The van der Waals surface area contributed by atoms with E-state index in [2.05, 4.69) is 67.2 Å². The van der Waals surface area contributed by atoms with Gasteiger partial charge < -0.3 is 15.3 Å². The van der Waals surface area contributed by atoms with Crippen LogP contribution in [0.15, 0.2) is 85.2 Å². The molecule has 1 atom stereocenters. The Labute approximate surface area is 301 Å². The Morgan fingerprint density at radius 1 is 0.824 bits per heavy atom. The highest BCUT2D eigenvalue weighted by Gasteiger charge is 2.39. The molecule has 8 heteroatoms. The van der Waals surface area contributed by atoms with E-state index in [4.69, 9.17) is 0 Å². The number of benzene rings is 3. The molecule has 2 aliphatic rings. The molecular weight excluding hydrogens is 636 g/mol. The third-order valence-corrected chi connectivity index (χ3v) is 11.4. The maximum absolute atomic E-state index is 13.5. The number of likely N-dealkylation sites (tertiary alicyclic amines) is 1. The van der Waals surface area contributed by atoms with Crippen LogP contribution in [0.3, 0.4) is 0 Å². The zero-order chi connectivity index (χ0) is 36.1. The monoisotopic (exact) mass is 686 g/mol. The molecule has 1 aliphatic carbocycles. The lowest BCUT2D eigenvalue weighted by Crippen LogP contribution is -2.59. The number of aromatic nitrogens is 2. The van der Waals surface area contributed by atoms with Crippen LogP contribution < -0.4 is 5.32 Å². The standard InChI is InChI=1S/C43H50N4O4/c1-5-28-7-11-30(12-8-28)31-15-17-32(18-16-31)35-24-44-39(45-25-35)33-13-9-29(10-14-33)23-38(41(49)47-26-36(27-47)42(50)51)46-40(48)34-19-21-37(22-20-34)43(3,4)6-2/h9-10,13-22,24-25,28,30,36,38H,5-8,11-12,23,26-27H2,1-4H3,(H,46,48)(H,50,51)/t28?,30?,38-/m0/s1. The van der Waals surface area contributed by atoms with Gasteiger partial charge in [-0.3, -0.25) is 14.4 Å². The van der Waals surface area contributed by atoms with Crippen molar-refractivity contribution in [2.24, 2.45) is 11.8 Å². The van der Waals surface area contributed by atoms with E-state index < -0.39 is 17.9 Å². The predicted molar refractivity (Wildman–Crippen MR) is 200 cm³/mol. The molecule has 1 saturated heterocycles. The van der Waals surface area contributed by atoms with Crippen molar-refractivity contribution in [2.45, 2.75) is 90.0 Å². The number of carboxylic acid groups (broad SMARTS) is 1. The van der Waals surface area contributed by atoms with Crippen molar-refractivity contribution in [3.05, 3.63) is 107 Å². The van der Waals surface area contributed by atoms with Crippen LogP contribution in [0, 0.1) is 11.8 Å². The first kappa shape index (κ1) is 36.0. The molecule has 3 aromatic carbocycles. The molecule has 2 fully saturated rings. The van der Waals surface area contributed by atoms with Crippen molar-refractivity contribution in [2.75, 3.05) is 13.1 Å². The van der Waals surface area contributed by atoms with E-state index in [1.54, 1.807) is 12.1 Å². The van der Waals surface area contributed by atoms with E-state index in [1.807, 2.05) is 48.8 Å². The average Bonchev–Trinajstić information content (AvgIpc) is 3.14. The minimum atomic E-state index is -0.918. The van der Waals surface area contributed by atoms with Crippen LogP contribution >= 0.6 is 0 Å². The number of amides is 2. The number of aliphatic carboxylic acids is 1. The van der Waals surface area contributed by atoms with Gasteiger partial charge >= 0.3 is 5.97 Å². The SMILES string of the molecule is CCC1CCC(c2ccc(-c3cnc(-c4ccc(C[C@H](NC(=O)c5ccc(C(C)(C)CC)cc5)C(=O)N5CC(C(=O)O)C5)cc4)nc3)cc2)CC1. The first-order valence-electron chi connectivity index (χ1n) is 18.5. The van der Waals surface area contributed by atoms with E-state index in [-0.39, 0.29) is 36.7 Å². The maximum Gasteiger partial charge on any atom is 0.310 e. The lowest BCUT2D eigenvalue weighted by atomic mass is 9.78. The quantitative estimate of drug-likeness (QED) is 0.156. The van der Waals surface area contributed by atoms with Crippen LogP contribution in [0.4, 0.5) is 0 Å². The molecule has 6 rings (SSSR count). The summed E-state index contributed by atoms with van der Waals surface area (Å²) in [6.45, 7) is 9.04. The number of rotatable bonds is 12. The second-order valence-electron chi connectivity index (χ2n) is 15.1. The first-order chi connectivity index (χ1) is 24.5. The molecular formula is C43H50N4O4. The van der Waals surface area contributed by atoms with Gasteiger partial charge in [-0.25, -0.2) is 9.97 Å². The van der Waals surface area contributed by atoms with Crippen LogP contribution in [-0.4, -0.2) is 56.9 Å². The normalized spacial score (nSPS) is 18.5. The molecule has 1 saturated carbocycles. The summed E-state index contributed by atoms with van der Waals surface area (Å²) in [5.74, 6) is 0.0133. The minimum absolute atomic E-state index is 0.00988. The molecule has 1 aliphatic heterocycles. The van der Waals surface area contributed by atoms with Gasteiger partial charge in [-0.05, 0) is 83.7 Å². The van der Waals surface area contributed by atoms with Crippen LogP contribution in [0.25, 0.3) is 22.5 Å². The molecule has 2 heterocycles. The summed E-state index contributed by atoms with van der Waals surface area (Å²) in [4.78, 5) is 49.1. The first-order valence-corrected chi connectivity index (χ1v) is 18.5. The number of hydrogen-bond donors (Lipinski definition) is 2. The number of carbonyl (C=O) groups is 3. The van der Waals surface area contributed by atoms with E-state index in [0.717, 1.165) is 40.2 Å². The van der Waals surface area contributed by atoms with Gasteiger partial charge in [-0.1, -0.05) is 94.8 Å². The molecule has 4 aromatic rings. The van der Waals surface area contributed by atoms with Crippen molar-refractivity contribution in [1.82, 2.24) is 20.2 Å². The van der Waals surface area contributed by atoms with Gasteiger partial charge in [0.1, 0.15) is 6.04 Å².